The molecule has 2 fully saturated rings. The fourth-order valence-corrected chi connectivity index (χ4v) is 7.10. The Morgan fingerprint density at radius 1 is 0.979 bits per heavy atom. The maximum atomic E-state index is 14.3. The van der Waals surface area contributed by atoms with Crippen molar-refractivity contribution in [3.63, 3.8) is 0 Å². The number of ketones is 1. The van der Waals surface area contributed by atoms with Crippen LogP contribution >= 0.6 is 0 Å². The number of carbonyl (C=O) groups excluding carboxylic acids is 1. The highest BCUT2D eigenvalue weighted by molar-refractivity contribution is 6.16. The number of piperazine rings is 2. The average molecular weight is 661 g/mol. The third kappa shape index (κ3) is 6.45. The number of rotatable bonds is 8. The van der Waals surface area contributed by atoms with Gasteiger partial charge in [-0.15, -0.1) is 0 Å². The highest BCUT2D eigenvalue weighted by Gasteiger charge is 2.40. The molecule has 256 valence electrons. The molecular weight excluding hydrogens is 616 g/mol. The highest BCUT2D eigenvalue weighted by Crippen LogP contribution is 2.43. The fourth-order valence-electron chi connectivity index (χ4n) is 7.10. The first-order valence-corrected chi connectivity index (χ1v) is 16.2. The first kappa shape index (κ1) is 33.3. The molecule has 0 bridgehead atoms. The van der Waals surface area contributed by atoms with E-state index in [1.54, 1.807) is 19.3 Å². The lowest BCUT2D eigenvalue weighted by Crippen LogP contribution is -2.50. The number of nitrogens with zero attached hydrogens (tertiary/aromatic N) is 6. The number of Topliss-reactive ketones (excluding diaryl/α,β-unsaturated/α-hetero) is 1. The number of hydrogen-bond acceptors (Lipinski definition) is 8. The molecule has 6 rings (SSSR count). The highest BCUT2D eigenvalue weighted by atomic mass is 16.5. The van der Waals surface area contributed by atoms with Crippen molar-refractivity contribution in [3.05, 3.63) is 64.5 Å². The van der Waals surface area contributed by atoms with Gasteiger partial charge in [-0.3, -0.25) is 14.6 Å². The van der Waals surface area contributed by atoms with Crippen LogP contribution in [0.5, 0.6) is 11.5 Å². The van der Waals surface area contributed by atoms with Gasteiger partial charge >= 0.3 is 12.2 Å². The zero-order chi connectivity index (χ0) is 34.3. The molecule has 2 atom stereocenters. The van der Waals surface area contributed by atoms with E-state index in [2.05, 4.69) is 14.4 Å². The third-order valence-corrected chi connectivity index (χ3v) is 9.64. The summed E-state index contributed by atoms with van der Waals surface area (Å²) in [4.78, 5) is 48.1. The van der Waals surface area contributed by atoms with Crippen molar-refractivity contribution in [2.24, 2.45) is 0 Å². The van der Waals surface area contributed by atoms with Gasteiger partial charge in [0.2, 0.25) is 5.78 Å². The summed E-state index contributed by atoms with van der Waals surface area (Å²) in [7, 11) is 9.56. The summed E-state index contributed by atoms with van der Waals surface area (Å²) in [5.74, 6) is 0.790. The Hall–Kier alpha value is -4.59. The zero-order valence-corrected chi connectivity index (χ0v) is 28.2. The fraction of sp³-hybridized carbons (Fsp3) is 0.457. The van der Waals surface area contributed by atoms with Crippen LogP contribution in [0, 0.1) is 0 Å². The molecule has 2 aromatic carbocycles. The Bertz CT molecular complexity index is 1770. The summed E-state index contributed by atoms with van der Waals surface area (Å²) in [6.07, 6.45) is 2.59. The molecule has 1 aromatic heterocycles. The molecule has 3 aliphatic heterocycles. The lowest BCUT2D eigenvalue weighted by Gasteiger charge is -2.41. The first-order chi connectivity index (χ1) is 22.9. The molecule has 0 spiro atoms. The summed E-state index contributed by atoms with van der Waals surface area (Å²) < 4.78 is 14.1. The number of aromatic nitrogens is 1. The second kappa shape index (κ2) is 13.5. The average Bonchev–Trinajstić information content (AvgIpc) is 3.55. The molecule has 0 saturated carbocycles. The lowest BCUT2D eigenvalue weighted by molar-refractivity contribution is 0.0749. The van der Waals surface area contributed by atoms with E-state index in [1.165, 1.54) is 9.80 Å². The Morgan fingerprint density at radius 3 is 2.29 bits per heavy atom. The van der Waals surface area contributed by atoms with Crippen molar-refractivity contribution in [2.75, 3.05) is 81.1 Å². The number of methoxy groups -OCH3 is 1. The minimum absolute atomic E-state index is 0.125. The predicted molar refractivity (Wildman–Crippen MR) is 181 cm³/mol. The van der Waals surface area contributed by atoms with Crippen LogP contribution < -0.4 is 9.47 Å². The second-order valence-corrected chi connectivity index (χ2v) is 13.2. The number of ether oxygens (including phenoxy) is 2. The minimum atomic E-state index is -1.07. The van der Waals surface area contributed by atoms with Crippen LogP contribution in [0.3, 0.4) is 0 Å². The van der Waals surface area contributed by atoms with E-state index in [0.29, 0.717) is 60.9 Å². The van der Waals surface area contributed by atoms with Crippen molar-refractivity contribution in [1.29, 1.82) is 0 Å². The summed E-state index contributed by atoms with van der Waals surface area (Å²) >= 11 is 0. The monoisotopic (exact) mass is 660 g/mol. The quantitative estimate of drug-likeness (QED) is 0.340. The summed E-state index contributed by atoms with van der Waals surface area (Å²) in [6.45, 7) is 4.28. The molecule has 48 heavy (non-hydrogen) atoms. The van der Waals surface area contributed by atoms with Gasteiger partial charge in [-0.1, -0.05) is 6.07 Å². The van der Waals surface area contributed by atoms with E-state index in [-0.39, 0.29) is 18.1 Å². The van der Waals surface area contributed by atoms with E-state index in [1.807, 2.05) is 63.6 Å². The number of fused-ring (bicyclic) bond motifs is 2. The largest absolute Gasteiger partial charge is 0.497 e. The van der Waals surface area contributed by atoms with Crippen LogP contribution in [0.1, 0.15) is 45.6 Å². The van der Waals surface area contributed by atoms with E-state index in [4.69, 9.17) is 9.47 Å². The molecule has 2 N–H and O–H groups in total. The maximum Gasteiger partial charge on any atom is 0.407 e. The molecule has 13 nitrogen and oxygen atoms in total. The second-order valence-electron chi connectivity index (χ2n) is 13.2. The smallest absolute Gasteiger partial charge is 0.407 e. The number of carbonyl (C=O) groups is 3. The zero-order valence-electron chi connectivity index (χ0n) is 28.2. The summed E-state index contributed by atoms with van der Waals surface area (Å²) in [6, 6.07) is 8.28. The van der Waals surface area contributed by atoms with E-state index < -0.39 is 24.3 Å². The summed E-state index contributed by atoms with van der Waals surface area (Å²) in [5.41, 5.74) is 3.30. The van der Waals surface area contributed by atoms with Crippen molar-refractivity contribution in [3.8, 4) is 11.5 Å². The van der Waals surface area contributed by atoms with Crippen molar-refractivity contribution in [1.82, 2.24) is 29.1 Å². The summed E-state index contributed by atoms with van der Waals surface area (Å²) in [5, 5.41) is 21.2. The number of hydrogen-bond donors (Lipinski definition) is 2. The lowest BCUT2D eigenvalue weighted by atomic mass is 9.90. The Kier molecular flexibility index (Phi) is 9.37. The van der Waals surface area contributed by atoms with Crippen LogP contribution in [-0.4, -0.2) is 138 Å². The van der Waals surface area contributed by atoms with E-state index in [9.17, 15) is 24.6 Å². The SMILES string of the molecule is COc1ccc2c(c1)c(/C=C1\Oc3cc(C4CN(C)CCN4C(=O)O)cc(C4CN(C)CCN4C(=O)O)c3C1=O)cn2CCCN(C)C. The normalized spacial score (nSPS) is 21.3. The molecule has 2 saturated heterocycles. The van der Waals surface area contributed by atoms with Gasteiger partial charge in [0, 0.05) is 68.5 Å². The minimum Gasteiger partial charge on any atom is -0.497 e. The number of likely N-dealkylation sites (N-methyl/N-ethyl adjacent to an activating group) is 2. The first-order valence-electron chi connectivity index (χ1n) is 16.2. The van der Waals surface area contributed by atoms with Crippen LogP contribution in [-0.2, 0) is 6.54 Å². The molecule has 0 radical (unpaired) electrons. The van der Waals surface area contributed by atoms with Gasteiger partial charge in [-0.05, 0) is 82.6 Å². The van der Waals surface area contributed by atoms with Crippen LogP contribution in [0.15, 0.2) is 42.3 Å². The molecule has 2 amide bonds. The van der Waals surface area contributed by atoms with Crippen molar-refractivity contribution < 1.29 is 34.1 Å². The van der Waals surface area contributed by atoms with E-state index in [0.717, 1.165) is 36.0 Å². The Labute approximate surface area is 280 Å². The Balaban J connectivity index is 1.46. The van der Waals surface area contributed by atoms with Gasteiger partial charge in [-0.2, -0.15) is 0 Å². The predicted octanol–water partition coefficient (Wildman–Crippen LogP) is 4.15. The third-order valence-electron chi connectivity index (χ3n) is 9.64. The van der Waals surface area contributed by atoms with Gasteiger partial charge in [-0.25, -0.2) is 9.59 Å². The number of benzene rings is 2. The van der Waals surface area contributed by atoms with Crippen LogP contribution in [0.2, 0.25) is 0 Å². The molecule has 3 aliphatic rings. The topological polar surface area (TPSA) is 131 Å². The van der Waals surface area contributed by atoms with Crippen molar-refractivity contribution >= 4 is 34.9 Å². The molecule has 2 unspecified atom stereocenters. The van der Waals surface area contributed by atoms with Gasteiger partial charge in [0.05, 0.1) is 24.8 Å². The van der Waals surface area contributed by atoms with Crippen LogP contribution in [0.25, 0.3) is 17.0 Å². The molecule has 13 heteroatoms. The van der Waals surface area contributed by atoms with Crippen LogP contribution in [0.4, 0.5) is 9.59 Å². The number of carboxylic acid groups (broad SMARTS) is 2. The van der Waals surface area contributed by atoms with E-state index >= 15 is 0 Å². The van der Waals surface area contributed by atoms with Gasteiger partial charge in [0.25, 0.3) is 0 Å². The Morgan fingerprint density at radius 2 is 1.65 bits per heavy atom. The van der Waals surface area contributed by atoms with Gasteiger partial charge in [0.1, 0.15) is 11.5 Å². The standard InChI is InChI=1S/C35H44N6O7/c1-36(2)9-6-10-39-19-23(25-18-24(47-5)7-8-27(25)39)17-31-33(42)32-26(29-21-38(4)12-14-41(29)35(45)46)15-22(16-30(32)48-31)28-20-37(3)11-13-40(28)34(43)44/h7-8,15-19,28-29H,6,9-14,20-21H2,1-5H3,(H,43,44)(H,45,46)/b31-17-. The molecule has 0 aliphatic carbocycles. The molecule has 4 heterocycles. The maximum absolute atomic E-state index is 14.3. The van der Waals surface area contributed by atoms with Gasteiger partial charge in [0.15, 0.2) is 5.76 Å². The molecular formula is C35H44N6O7. The number of amides is 2. The van der Waals surface area contributed by atoms with Crippen molar-refractivity contribution in [2.45, 2.75) is 25.0 Å². The molecule has 3 aromatic rings. The number of aryl methyl sites for hydroxylation is 1. The number of allylic oxidation sites excluding steroid dienone is 1. The van der Waals surface area contributed by atoms with Gasteiger partial charge < -0.3 is 39.0 Å².